The number of hydrogen-bond donors (Lipinski definition) is 0. The molecule has 1 heterocycles. The van der Waals surface area contributed by atoms with Crippen LogP contribution in [0.5, 0.6) is 0 Å². The van der Waals surface area contributed by atoms with Gasteiger partial charge in [-0.15, -0.1) is 6.58 Å². The molecule has 140 valence electrons. The topological polar surface area (TPSA) is 37.4 Å². The molecular weight excluding hydrogens is 402 g/mol. The van der Waals surface area contributed by atoms with E-state index in [1.54, 1.807) is 18.2 Å². The number of Topliss-reactive ketones (excluding diaryl/α,β-unsaturated/α-hetero) is 1. The molecule has 1 fully saturated rings. The van der Waals surface area contributed by atoms with Gasteiger partial charge in [-0.2, -0.15) is 0 Å². The van der Waals surface area contributed by atoms with E-state index >= 15 is 0 Å². The monoisotopic (exact) mass is 425 g/mol. The second kappa shape index (κ2) is 7.08. The van der Waals surface area contributed by atoms with Gasteiger partial charge in [0.1, 0.15) is 5.41 Å². The number of nitrogens with zero attached hydrogens (tertiary/aromatic N) is 1. The zero-order valence-corrected chi connectivity index (χ0v) is 17.5. The lowest BCUT2D eigenvalue weighted by Crippen LogP contribution is -2.71. The Hall–Kier alpha value is -2.20. The van der Waals surface area contributed by atoms with Crippen LogP contribution in [0, 0.1) is 5.41 Å². The van der Waals surface area contributed by atoms with Gasteiger partial charge in [-0.3, -0.25) is 9.59 Å². The van der Waals surface area contributed by atoms with Gasteiger partial charge in [-0.1, -0.05) is 64.5 Å². The molecule has 4 heteroatoms. The number of ketones is 1. The van der Waals surface area contributed by atoms with E-state index in [0.717, 1.165) is 10.0 Å². The maximum absolute atomic E-state index is 13.6. The molecule has 1 aliphatic rings. The molecule has 0 spiro atoms. The zero-order valence-electron chi connectivity index (χ0n) is 15.9. The van der Waals surface area contributed by atoms with Gasteiger partial charge in [0.15, 0.2) is 5.78 Å². The summed E-state index contributed by atoms with van der Waals surface area (Å²) < 4.78 is 0.961. The Morgan fingerprint density at radius 1 is 1.15 bits per heavy atom. The number of β-lactam (4-membered cyclic amide) rings is 1. The number of hydrogen-bond acceptors (Lipinski definition) is 2. The molecule has 3 rings (SSSR count). The standard InChI is InChI=1S/C23H24BrNO2/c1-5-15-23(20(26)17-9-7-6-8-10-17)19(16-11-13-18(24)14-12-16)25(21(23)27)22(2,3)4/h5-14,19H,1,15H2,2-4H3/t19-,23-/m0/s1. The van der Waals surface area contributed by atoms with E-state index in [1.165, 1.54) is 0 Å². The van der Waals surface area contributed by atoms with Gasteiger partial charge in [-0.05, 0) is 44.9 Å². The number of carbonyl (C=O) groups is 2. The third-order valence-electron chi connectivity index (χ3n) is 5.14. The van der Waals surface area contributed by atoms with Crippen LogP contribution in [0.15, 0.2) is 71.7 Å². The summed E-state index contributed by atoms with van der Waals surface area (Å²) in [5.41, 5.74) is -0.0250. The van der Waals surface area contributed by atoms with E-state index in [-0.39, 0.29) is 17.7 Å². The average molecular weight is 426 g/mol. The third kappa shape index (κ3) is 3.16. The van der Waals surface area contributed by atoms with Crippen LogP contribution in [-0.4, -0.2) is 22.1 Å². The molecule has 3 nitrogen and oxygen atoms in total. The Labute approximate surface area is 169 Å². The average Bonchev–Trinajstić information content (AvgIpc) is 2.64. The fraction of sp³-hybridized carbons (Fsp3) is 0.304. The summed E-state index contributed by atoms with van der Waals surface area (Å²) in [4.78, 5) is 28.8. The number of carbonyl (C=O) groups excluding carboxylic acids is 2. The molecule has 2 aromatic rings. The number of amides is 1. The van der Waals surface area contributed by atoms with Crippen molar-refractivity contribution in [1.82, 2.24) is 4.90 Å². The molecule has 1 aliphatic heterocycles. The first-order chi connectivity index (χ1) is 12.7. The highest BCUT2D eigenvalue weighted by atomic mass is 79.9. The van der Waals surface area contributed by atoms with Crippen LogP contribution in [0.2, 0.25) is 0 Å². The summed E-state index contributed by atoms with van der Waals surface area (Å²) in [7, 11) is 0. The minimum absolute atomic E-state index is 0.128. The smallest absolute Gasteiger partial charge is 0.240 e. The number of likely N-dealkylation sites (tertiary alicyclic amines) is 1. The molecule has 0 N–H and O–H groups in total. The molecule has 2 atom stereocenters. The molecule has 0 radical (unpaired) electrons. The zero-order chi connectivity index (χ0) is 19.8. The van der Waals surface area contributed by atoms with Gasteiger partial charge < -0.3 is 4.90 Å². The maximum Gasteiger partial charge on any atom is 0.240 e. The first-order valence-corrected chi connectivity index (χ1v) is 9.83. The predicted molar refractivity (Wildman–Crippen MR) is 112 cm³/mol. The van der Waals surface area contributed by atoms with Gasteiger partial charge in [0.25, 0.3) is 0 Å². The molecule has 1 amide bonds. The number of allylic oxidation sites excluding steroid dienone is 1. The van der Waals surface area contributed by atoms with Crippen molar-refractivity contribution in [2.75, 3.05) is 0 Å². The van der Waals surface area contributed by atoms with Crippen LogP contribution in [0.25, 0.3) is 0 Å². The Morgan fingerprint density at radius 3 is 2.26 bits per heavy atom. The molecule has 0 aliphatic carbocycles. The van der Waals surface area contributed by atoms with Crippen LogP contribution >= 0.6 is 15.9 Å². The summed E-state index contributed by atoms with van der Waals surface area (Å²) in [6, 6.07) is 16.6. The fourth-order valence-corrected chi connectivity index (χ4v) is 4.23. The summed E-state index contributed by atoms with van der Waals surface area (Å²) in [6.07, 6.45) is 2.00. The predicted octanol–water partition coefficient (Wildman–Crippen LogP) is 5.58. The SMILES string of the molecule is C=CC[C@]1(C(=O)c2ccccc2)C(=O)N(C(C)(C)C)[C@H]1c1ccc(Br)cc1. The van der Waals surface area contributed by atoms with Crippen LogP contribution in [0.1, 0.15) is 49.2 Å². The molecule has 0 bridgehead atoms. The van der Waals surface area contributed by atoms with Crippen molar-refractivity contribution in [3.8, 4) is 0 Å². The van der Waals surface area contributed by atoms with E-state index < -0.39 is 11.0 Å². The van der Waals surface area contributed by atoms with Crippen molar-refractivity contribution in [2.45, 2.75) is 38.8 Å². The quantitative estimate of drug-likeness (QED) is 0.271. The Balaban J connectivity index is 2.17. The number of benzene rings is 2. The first kappa shape index (κ1) is 19.6. The number of halogens is 1. The van der Waals surface area contributed by atoms with Crippen molar-refractivity contribution in [2.24, 2.45) is 5.41 Å². The molecular formula is C23H24BrNO2. The van der Waals surface area contributed by atoms with Crippen LogP contribution in [-0.2, 0) is 4.79 Å². The summed E-state index contributed by atoms with van der Waals surface area (Å²) >= 11 is 3.46. The minimum Gasteiger partial charge on any atom is -0.328 e. The highest BCUT2D eigenvalue weighted by molar-refractivity contribution is 9.10. The van der Waals surface area contributed by atoms with Crippen LogP contribution < -0.4 is 0 Å². The molecule has 0 aromatic heterocycles. The largest absolute Gasteiger partial charge is 0.328 e. The molecule has 1 saturated heterocycles. The van der Waals surface area contributed by atoms with Crippen molar-refractivity contribution >= 4 is 27.6 Å². The lowest BCUT2D eigenvalue weighted by molar-refractivity contribution is -0.177. The van der Waals surface area contributed by atoms with Gasteiger partial charge in [-0.25, -0.2) is 0 Å². The second-order valence-electron chi connectivity index (χ2n) is 7.96. The van der Waals surface area contributed by atoms with Crippen molar-refractivity contribution in [1.29, 1.82) is 0 Å². The van der Waals surface area contributed by atoms with Gasteiger partial charge in [0.2, 0.25) is 5.91 Å². The normalized spacial score (nSPS) is 22.3. The van der Waals surface area contributed by atoms with Crippen LogP contribution in [0.4, 0.5) is 0 Å². The maximum atomic E-state index is 13.6. The first-order valence-electron chi connectivity index (χ1n) is 9.03. The van der Waals surface area contributed by atoms with E-state index in [1.807, 2.05) is 68.1 Å². The van der Waals surface area contributed by atoms with E-state index in [2.05, 4.69) is 22.5 Å². The van der Waals surface area contributed by atoms with Crippen LogP contribution in [0.3, 0.4) is 0 Å². The van der Waals surface area contributed by atoms with Gasteiger partial charge in [0, 0.05) is 15.6 Å². The van der Waals surface area contributed by atoms with E-state index in [9.17, 15) is 9.59 Å². The lowest BCUT2D eigenvalue weighted by atomic mass is 9.60. The summed E-state index contributed by atoms with van der Waals surface area (Å²) in [5, 5.41) is 0. The second-order valence-corrected chi connectivity index (χ2v) is 8.88. The van der Waals surface area contributed by atoms with Crippen molar-refractivity contribution in [3.63, 3.8) is 0 Å². The minimum atomic E-state index is -1.15. The number of rotatable bonds is 5. The van der Waals surface area contributed by atoms with Gasteiger partial charge >= 0.3 is 0 Å². The summed E-state index contributed by atoms with van der Waals surface area (Å²) in [5.74, 6) is -0.266. The molecule has 27 heavy (non-hydrogen) atoms. The highest BCUT2D eigenvalue weighted by Gasteiger charge is 2.66. The Morgan fingerprint density at radius 2 is 1.74 bits per heavy atom. The Bertz CT molecular complexity index is 868. The lowest BCUT2D eigenvalue weighted by Gasteiger charge is -2.60. The summed E-state index contributed by atoms with van der Waals surface area (Å²) in [6.45, 7) is 9.84. The molecule has 0 unspecified atom stereocenters. The van der Waals surface area contributed by atoms with Crippen molar-refractivity contribution in [3.05, 3.63) is 82.9 Å². The van der Waals surface area contributed by atoms with E-state index in [0.29, 0.717) is 12.0 Å². The van der Waals surface area contributed by atoms with Gasteiger partial charge in [0.05, 0.1) is 6.04 Å². The Kier molecular flexibility index (Phi) is 5.13. The van der Waals surface area contributed by atoms with Crippen molar-refractivity contribution < 1.29 is 9.59 Å². The molecule has 2 aromatic carbocycles. The molecule has 0 saturated carbocycles. The third-order valence-corrected chi connectivity index (χ3v) is 5.67. The fourth-order valence-electron chi connectivity index (χ4n) is 3.96. The highest BCUT2D eigenvalue weighted by Crippen LogP contribution is 2.57. The van der Waals surface area contributed by atoms with E-state index in [4.69, 9.17) is 0 Å².